The minimum Gasteiger partial charge on any atom is -0.437 e. The number of carbonyl (C=O) groups excluding carboxylic acids is 1. The summed E-state index contributed by atoms with van der Waals surface area (Å²) in [4.78, 5) is 13.1. The number of hydrogen-bond donors (Lipinski definition) is 1. The summed E-state index contributed by atoms with van der Waals surface area (Å²) >= 11 is 9.62. The van der Waals surface area contributed by atoms with Crippen molar-refractivity contribution in [2.45, 2.75) is 26.5 Å². The van der Waals surface area contributed by atoms with Gasteiger partial charge in [-0.15, -0.1) is 5.10 Å². The van der Waals surface area contributed by atoms with Gasteiger partial charge in [0, 0.05) is 14.9 Å². The highest BCUT2D eigenvalue weighted by Crippen LogP contribution is 2.49. The van der Waals surface area contributed by atoms with Crippen LogP contribution in [0.25, 0.3) is 0 Å². The lowest BCUT2D eigenvalue weighted by atomic mass is 9.96. The maximum Gasteiger partial charge on any atom is 0.311 e. The summed E-state index contributed by atoms with van der Waals surface area (Å²) in [5, 5.41) is 9.77. The zero-order chi connectivity index (χ0) is 18.7. The second kappa shape index (κ2) is 5.72. The summed E-state index contributed by atoms with van der Waals surface area (Å²) in [6.45, 7) is 5.99. The molecule has 0 bridgehead atoms. The first-order valence-corrected chi connectivity index (χ1v) is 9.34. The third-order valence-corrected chi connectivity index (χ3v) is 5.06. The Morgan fingerprint density at radius 3 is 2.69 bits per heavy atom. The number of nitrogens with one attached hydrogen (secondary N) is 1. The summed E-state index contributed by atoms with van der Waals surface area (Å²) in [5.41, 5.74) is 0.348. The van der Waals surface area contributed by atoms with Gasteiger partial charge in [-0.3, -0.25) is 4.79 Å². The number of carbonyl (C=O) groups is 1. The van der Waals surface area contributed by atoms with Crippen LogP contribution in [0.5, 0.6) is 0 Å². The quantitative estimate of drug-likeness (QED) is 0.679. The van der Waals surface area contributed by atoms with Crippen LogP contribution in [0.1, 0.15) is 26.3 Å². The number of hydrazone groups is 1. The van der Waals surface area contributed by atoms with E-state index < -0.39 is 5.72 Å². The first kappa shape index (κ1) is 17.4. The zero-order valence-corrected chi connectivity index (χ0v) is 16.9. The largest absolute Gasteiger partial charge is 0.437 e. The van der Waals surface area contributed by atoms with Crippen molar-refractivity contribution < 1.29 is 9.53 Å². The summed E-state index contributed by atoms with van der Waals surface area (Å²) in [6, 6.07) is 12.8. The maximum atomic E-state index is 13.1. The molecule has 0 saturated carbocycles. The molecular weight excluding hydrogens is 418 g/mol. The van der Waals surface area contributed by atoms with Crippen molar-refractivity contribution in [3.8, 4) is 0 Å². The van der Waals surface area contributed by atoms with Crippen LogP contribution in [-0.4, -0.2) is 11.8 Å². The second-order valence-electron chi connectivity index (χ2n) is 7.34. The van der Waals surface area contributed by atoms with Crippen molar-refractivity contribution >= 4 is 50.7 Å². The molecule has 1 amide bonds. The molecule has 0 saturated heterocycles. The van der Waals surface area contributed by atoms with Gasteiger partial charge in [-0.2, -0.15) is 0 Å². The standard InChI is InChI=1S/C19H17BrClN3O2/c1-18(2,3)17-23-24(13-6-4-5-12(21)10-13)19(26-17)14-8-7-11(20)9-15(14)22-16(19)25/h4-10H,1-3H3,(H,22,25). The molecule has 0 radical (unpaired) electrons. The molecule has 5 nitrogen and oxygen atoms in total. The molecule has 1 spiro atoms. The lowest BCUT2D eigenvalue weighted by molar-refractivity contribution is -0.130. The number of hydrogen-bond acceptors (Lipinski definition) is 4. The topological polar surface area (TPSA) is 53.9 Å². The van der Waals surface area contributed by atoms with Crippen molar-refractivity contribution in [2.24, 2.45) is 10.5 Å². The van der Waals surface area contributed by atoms with Crippen LogP contribution < -0.4 is 10.3 Å². The van der Waals surface area contributed by atoms with E-state index in [1.165, 1.54) is 0 Å². The van der Waals surface area contributed by atoms with Crippen LogP contribution >= 0.6 is 27.5 Å². The summed E-state index contributed by atoms with van der Waals surface area (Å²) < 4.78 is 7.14. The molecule has 1 N–H and O–H groups in total. The fraction of sp³-hybridized carbons (Fsp3) is 0.263. The molecule has 1 atom stereocenters. The van der Waals surface area contributed by atoms with Gasteiger partial charge < -0.3 is 10.1 Å². The molecule has 1 unspecified atom stereocenters. The van der Waals surface area contributed by atoms with Crippen LogP contribution in [0.15, 0.2) is 52.0 Å². The lowest BCUT2D eigenvalue weighted by Crippen LogP contribution is -2.48. The monoisotopic (exact) mass is 433 g/mol. The van der Waals surface area contributed by atoms with E-state index >= 15 is 0 Å². The molecule has 26 heavy (non-hydrogen) atoms. The zero-order valence-electron chi connectivity index (χ0n) is 14.5. The van der Waals surface area contributed by atoms with E-state index in [0.717, 1.165) is 4.47 Å². The van der Waals surface area contributed by atoms with Crippen molar-refractivity contribution in [1.82, 2.24) is 0 Å². The van der Waals surface area contributed by atoms with Gasteiger partial charge >= 0.3 is 5.72 Å². The van der Waals surface area contributed by atoms with Gasteiger partial charge in [0.05, 0.1) is 16.9 Å². The fourth-order valence-electron chi connectivity index (χ4n) is 3.07. The minimum atomic E-state index is -1.39. The Kier molecular flexibility index (Phi) is 3.82. The van der Waals surface area contributed by atoms with E-state index in [1.807, 2.05) is 51.1 Å². The molecule has 0 aliphatic carbocycles. The Morgan fingerprint density at radius 2 is 2.00 bits per heavy atom. The van der Waals surface area contributed by atoms with E-state index in [2.05, 4.69) is 26.3 Å². The molecule has 2 aromatic rings. The first-order valence-electron chi connectivity index (χ1n) is 8.17. The molecule has 2 aromatic carbocycles. The van der Waals surface area contributed by atoms with Gasteiger partial charge in [-0.1, -0.05) is 54.4 Å². The number of anilines is 2. The lowest BCUT2D eigenvalue weighted by Gasteiger charge is -2.31. The molecular formula is C19H17BrClN3O2. The summed E-state index contributed by atoms with van der Waals surface area (Å²) in [6.07, 6.45) is 0. The molecule has 2 heterocycles. The number of amides is 1. The van der Waals surface area contributed by atoms with Gasteiger partial charge in [0.1, 0.15) is 0 Å². The normalized spacial score (nSPS) is 21.5. The SMILES string of the molecule is CC(C)(C)C1=NN(c2cccc(Cl)c2)C2(O1)C(=O)Nc1cc(Br)ccc12. The van der Waals surface area contributed by atoms with Gasteiger partial charge in [0.25, 0.3) is 5.91 Å². The van der Waals surface area contributed by atoms with E-state index in [-0.39, 0.29) is 11.3 Å². The van der Waals surface area contributed by atoms with Crippen molar-refractivity contribution in [3.63, 3.8) is 0 Å². The Hall–Kier alpha value is -2.05. The third-order valence-electron chi connectivity index (χ3n) is 4.33. The highest BCUT2D eigenvalue weighted by Gasteiger charge is 2.60. The number of nitrogens with zero attached hydrogens (tertiary/aromatic N) is 2. The Morgan fingerprint density at radius 1 is 1.23 bits per heavy atom. The number of rotatable bonds is 1. The Labute approximate surface area is 165 Å². The molecule has 0 fully saturated rings. The Balaban J connectivity index is 1.94. The maximum absolute atomic E-state index is 13.1. The first-order chi connectivity index (χ1) is 12.2. The van der Waals surface area contributed by atoms with Crippen LogP contribution in [0.3, 0.4) is 0 Å². The average molecular weight is 435 g/mol. The highest BCUT2D eigenvalue weighted by atomic mass is 79.9. The molecule has 7 heteroatoms. The second-order valence-corrected chi connectivity index (χ2v) is 8.69. The fourth-order valence-corrected chi connectivity index (χ4v) is 3.62. The smallest absolute Gasteiger partial charge is 0.311 e. The summed E-state index contributed by atoms with van der Waals surface area (Å²) in [7, 11) is 0. The minimum absolute atomic E-state index is 0.284. The van der Waals surface area contributed by atoms with Crippen molar-refractivity contribution in [3.05, 3.63) is 57.5 Å². The van der Waals surface area contributed by atoms with Crippen LogP contribution in [0.4, 0.5) is 11.4 Å². The van der Waals surface area contributed by atoms with Crippen molar-refractivity contribution in [2.75, 3.05) is 10.3 Å². The molecule has 134 valence electrons. The molecule has 4 rings (SSSR count). The van der Waals surface area contributed by atoms with E-state index in [4.69, 9.17) is 16.3 Å². The molecule has 0 aromatic heterocycles. The molecule has 2 aliphatic heterocycles. The predicted octanol–water partition coefficient (Wildman–Crippen LogP) is 5.10. The number of benzene rings is 2. The van der Waals surface area contributed by atoms with Gasteiger partial charge in [0.2, 0.25) is 5.90 Å². The van der Waals surface area contributed by atoms with E-state index in [9.17, 15) is 4.79 Å². The van der Waals surface area contributed by atoms with Crippen molar-refractivity contribution in [1.29, 1.82) is 0 Å². The van der Waals surface area contributed by atoms with Gasteiger partial charge in [0.15, 0.2) is 0 Å². The summed E-state index contributed by atoms with van der Waals surface area (Å²) in [5.74, 6) is 0.206. The molecule has 2 aliphatic rings. The van der Waals surface area contributed by atoms with E-state index in [0.29, 0.717) is 27.9 Å². The predicted molar refractivity (Wildman–Crippen MR) is 106 cm³/mol. The number of ether oxygens (including phenoxy) is 1. The third kappa shape index (κ3) is 2.51. The number of halogens is 2. The van der Waals surface area contributed by atoms with Crippen LogP contribution in [-0.2, 0) is 15.3 Å². The average Bonchev–Trinajstić information content (AvgIpc) is 3.08. The van der Waals surface area contributed by atoms with Crippen LogP contribution in [0.2, 0.25) is 5.02 Å². The van der Waals surface area contributed by atoms with E-state index in [1.54, 1.807) is 17.1 Å². The number of fused-ring (bicyclic) bond motifs is 2. The van der Waals surface area contributed by atoms with Crippen LogP contribution in [0, 0.1) is 5.41 Å². The highest BCUT2D eigenvalue weighted by molar-refractivity contribution is 9.10. The Bertz CT molecular complexity index is 954. The van der Waals surface area contributed by atoms with Gasteiger partial charge in [-0.05, 0) is 36.4 Å². The van der Waals surface area contributed by atoms with Gasteiger partial charge in [-0.25, -0.2) is 5.01 Å².